The average Bonchev–Trinajstić information content (AvgIpc) is 2.29. The fraction of sp³-hybridized carbons (Fsp3) is 0.538. The fourth-order valence-electron chi connectivity index (χ4n) is 1.58. The van der Waals surface area contributed by atoms with Gasteiger partial charge < -0.3 is 9.80 Å². The largest absolute Gasteiger partial charge is 0.336 e. The van der Waals surface area contributed by atoms with Gasteiger partial charge in [0.05, 0.1) is 0 Å². The lowest BCUT2D eigenvalue weighted by Gasteiger charge is -2.23. The summed E-state index contributed by atoms with van der Waals surface area (Å²) < 4.78 is 0. The van der Waals surface area contributed by atoms with E-state index in [1.165, 1.54) is 0 Å². The minimum atomic E-state index is 0.0208. The summed E-state index contributed by atoms with van der Waals surface area (Å²) in [5, 5.41) is 0. The fourth-order valence-corrected chi connectivity index (χ4v) is 1.58. The van der Waals surface area contributed by atoms with E-state index in [2.05, 4.69) is 9.88 Å². The highest BCUT2D eigenvalue weighted by molar-refractivity contribution is 5.93. The highest BCUT2D eigenvalue weighted by Gasteiger charge is 2.16. The third-order valence-electron chi connectivity index (χ3n) is 2.70. The van der Waals surface area contributed by atoms with Crippen LogP contribution in [0.15, 0.2) is 18.3 Å². The van der Waals surface area contributed by atoms with E-state index in [4.69, 9.17) is 0 Å². The van der Waals surface area contributed by atoms with Gasteiger partial charge in [0, 0.05) is 25.8 Å². The molecule has 0 bridgehead atoms. The normalized spacial score (nSPS) is 10.6. The molecule has 1 aromatic rings. The molecule has 0 radical (unpaired) electrons. The lowest BCUT2D eigenvalue weighted by atomic mass is 10.2. The van der Waals surface area contributed by atoms with Gasteiger partial charge in [-0.15, -0.1) is 0 Å². The van der Waals surface area contributed by atoms with Crippen LogP contribution in [0.5, 0.6) is 0 Å². The van der Waals surface area contributed by atoms with Gasteiger partial charge in [-0.05, 0) is 39.6 Å². The van der Waals surface area contributed by atoms with Gasteiger partial charge in [-0.2, -0.15) is 0 Å². The van der Waals surface area contributed by atoms with Crippen molar-refractivity contribution in [3.05, 3.63) is 29.6 Å². The molecule has 17 heavy (non-hydrogen) atoms. The minimum absolute atomic E-state index is 0.0208. The van der Waals surface area contributed by atoms with E-state index in [0.717, 1.165) is 18.7 Å². The van der Waals surface area contributed by atoms with Crippen LogP contribution in [0.3, 0.4) is 0 Å². The Morgan fingerprint density at radius 3 is 2.59 bits per heavy atom. The van der Waals surface area contributed by atoms with E-state index in [0.29, 0.717) is 12.2 Å². The Morgan fingerprint density at radius 1 is 1.35 bits per heavy atom. The van der Waals surface area contributed by atoms with Crippen LogP contribution < -0.4 is 0 Å². The first-order chi connectivity index (χ1) is 8.06. The molecule has 1 heterocycles. The molecule has 4 nitrogen and oxygen atoms in total. The summed E-state index contributed by atoms with van der Waals surface area (Å²) in [6, 6.07) is 3.77. The van der Waals surface area contributed by atoms with Gasteiger partial charge in [0.15, 0.2) is 0 Å². The van der Waals surface area contributed by atoms with Crippen molar-refractivity contribution in [3.8, 4) is 0 Å². The van der Waals surface area contributed by atoms with Gasteiger partial charge in [-0.25, -0.2) is 0 Å². The number of aromatic nitrogens is 1. The molecule has 0 unspecified atom stereocenters. The predicted octanol–water partition coefficient (Wildman–Crippen LogP) is 1.41. The number of pyridine rings is 1. The van der Waals surface area contributed by atoms with Crippen molar-refractivity contribution in [3.63, 3.8) is 0 Å². The molecule has 1 rings (SSSR count). The quantitative estimate of drug-likeness (QED) is 0.774. The van der Waals surface area contributed by atoms with Crippen molar-refractivity contribution in [2.24, 2.45) is 0 Å². The smallest absolute Gasteiger partial charge is 0.272 e. The molecule has 0 spiro atoms. The molecule has 0 aliphatic carbocycles. The van der Waals surface area contributed by atoms with Gasteiger partial charge in [0.2, 0.25) is 0 Å². The molecule has 0 N–H and O–H groups in total. The second-order valence-corrected chi connectivity index (χ2v) is 4.36. The molecular formula is C13H21N3O. The first kappa shape index (κ1) is 13.6. The molecule has 94 valence electrons. The summed E-state index contributed by atoms with van der Waals surface area (Å²) in [6.07, 6.45) is 1.67. The van der Waals surface area contributed by atoms with Crippen LogP contribution in [0.25, 0.3) is 0 Å². The lowest BCUT2D eigenvalue weighted by molar-refractivity contribution is 0.0747. The number of rotatable bonds is 5. The monoisotopic (exact) mass is 235 g/mol. The number of hydrogen-bond acceptors (Lipinski definition) is 3. The molecule has 0 saturated carbocycles. The van der Waals surface area contributed by atoms with Crippen molar-refractivity contribution >= 4 is 5.91 Å². The highest BCUT2D eigenvalue weighted by Crippen LogP contribution is 2.07. The van der Waals surface area contributed by atoms with Crippen LogP contribution in [0.1, 0.15) is 23.0 Å². The number of nitrogens with zero attached hydrogens (tertiary/aromatic N) is 3. The molecule has 0 aliphatic heterocycles. The number of aryl methyl sites for hydroxylation is 1. The third-order valence-corrected chi connectivity index (χ3v) is 2.70. The number of carbonyl (C=O) groups is 1. The van der Waals surface area contributed by atoms with E-state index >= 15 is 0 Å². The minimum Gasteiger partial charge on any atom is -0.336 e. The van der Waals surface area contributed by atoms with Gasteiger partial charge in [-0.3, -0.25) is 9.78 Å². The van der Waals surface area contributed by atoms with Crippen LogP contribution in [0.4, 0.5) is 0 Å². The van der Waals surface area contributed by atoms with E-state index < -0.39 is 0 Å². The molecule has 0 atom stereocenters. The molecule has 0 saturated heterocycles. The second kappa shape index (κ2) is 6.35. The Hall–Kier alpha value is -1.42. The van der Waals surface area contributed by atoms with Crippen molar-refractivity contribution in [2.45, 2.75) is 13.8 Å². The lowest BCUT2D eigenvalue weighted by Crippen LogP contribution is -2.37. The Morgan fingerprint density at radius 2 is 2.06 bits per heavy atom. The van der Waals surface area contributed by atoms with Crippen molar-refractivity contribution in [2.75, 3.05) is 33.7 Å². The maximum absolute atomic E-state index is 12.3. The summed E-state index contributed by atoms with van der Waals surface area (Å²) >= 11 is 0. The molecule has 4 heteroatoms. The van der Waals surface area contributed by atoms with Crippen LogP contribution in [-0.4, -0.2) is 54.4 Å². The summed E-state index contributed by atoms with van der Waals surface area (Å²) in [4.78, 5) is 20.3. The topological polar surface area (TPSA) is 36.4 Å². The zero-order chi connectivity index (χ0) is 12.8. The van der Waals surface area contributed by atoms with E-state index in [1.54, 1.807) is 6.20 Å². The van der Waals surface area contributed by atoms with Crippen LogP contribution in [0, 0.1) is 6.92 Å². The summed E-state index contributed by atoms with van der Waals surface area (Å²) in [7, 11) is 4.01. The Balaban J connectivity index is 2.76. The Bertz CT molecular complexity index is 377. The van der Waals surface area contributed by atoms with Crippen LogP contribution in [0.2, 0.25) is 0 Å². The zero-order valence-corrected chi connectivity index (χ0v) is 11.1. The van der Waals surface area contributed by atoms with Crippen molar-refractivity contribution in [1.82, 2.24) is 14.8 Å². The van der Waals surface area contributed by atoms with Crippen molar-refractivity contribution < 1.29 is 4.79 Å². The van der Waals surface area contributed by atoms with Crippen LogP contribution in [-0.2, 0) is 0 Å². The van der Waals surface area contributed by atoms with Gasteiger partial charge in [0.1, 0.15) is 5.69 Å². The number of likely N-dealkylation sites (N-methyl/N-ethyl adjacent to an activating group) is 2. The SMILES string of the molecule is CCN(CCN(C)C)C(=O)c1ncccc1C. The van der Waals surface area contributed by atoms with Gasteiger partial charge in [-0.1, -0.05) is 6.07 Å². The van der Waals surface area contributed by atoms with Gasteiger partial charge >= 0.3 is 0 Å². The summed E-state index contributed by atoms with van der Waals surface area (Å²) in [5.41, 5.74) is 1.49. The number of hydrogen-bond donors (Lipinski definition) is 0. The molecule has 1 aromatic heterocycles. The predicted molar refractivity (Wildman–Crippen MR) is 69.1 cm³/mol. The molecule has 1 amide bonds. The second-order valence-electron chi connectivity index (χ2n) is 4.36. The van der Waals surface area contributed by atoms with E-state index in [-0.39, 0.29) is 5.91 Å². The van der Waals surface area contributed by atoms with E-state index in [9.17, 15) is 4.79 Å². The summed E-state index contributed by atoms with van der Waals surface area (Å²) in [6.45, 7) is 6.22. The third kappa shape index (κ3) is 3.82. The maximum atomic E-state index is 12.3. The van der Waals surface area contributed by atoms with Crippen LogP contribution >= 0.6 is 0 Å². The number of amides is 1. The molecular weight excluding hydrogens is 214 g/mol. The first-order valence-electron chi connectivity index (χ1n) is 5.92. The molecule has 0 aliphatic rings. The number of carbonyl (C=O) groups excluding carboxylic acids is 1. The van der Waals surface area contributed by atoms with Gasteiger partial charge in [0.25, 0.3) is 5.91 Å². The van der Waals surface area contributed by atoms with E-state index in [1.807, 2.05) is 45.0 Å². The maximum Gasteiger partial charge on any atom is 0.272 e. The average molecular weight is 235 g/mol. The molecule has 0 fully saturated rings. The summed E-state index contributed by atoms with van der Waals surface area (Å²) in [5.74, 6) is 0.0208. The standard InChI is InChI=1S/C13H21N3O/c1-5-16(10-9-15(3)4)13(17)12-11(2)7-6-8-14-12/h6-8H,5,9-10H2,1-4H3. The highest BCUT2D eigenvalue weighted by atomic mass is 16.2. The first-order valence-corrected chi connectivity index (χ1v) is 5.92. The Labute approximate surface area is 103 Å². The van der Waals surface area contributed by atoms with Crippen molar-refractivity contribution in [1.29, 1.82) is 0 Å². The zero-order valence-electron chi connectivity index (χ0n) is 11.1. The molecule has 0 aromatic carbocycles. The Kier molecular flexibility index (Phi) is 5.10.